The topological polar surface area (TPSA) is 44.0 Å². The summed E-state index contributed by atoms with van der Waals surface area (Å²) in [7, 11) is 0. The molecule has 2 heteroatoms. The van der Waals surface area contributed by atoms with Crippen LogP contribution in [0, 0.1) is 28.6 Å². The van der Waals surface area contributed by atoms with Gasteiger partial charge in [-0.05, 0) is 38.0 Å². The highest BCUT2D eigenvalue weighted by Crippen LogP contribution is 2.55. The van der Waals surface area contributed by atoms with E-state index >= 15 is 0 Å². The van der Waals surface area contributed by atoms with Crippen molar-refractivity contribution in [1.29, 1.82) is 5.26 Å². The Morgan fingerprint density at radius 3 is 2.64 bits per heavy atom. The fourth-order valence-corrected chi connectivity index (χ4v) is 2.69. The van der Waals surface area contributed by atoms with Gasteiger partial charge in [-0.15, -0.1) is 0 Å². The van der Waals surface area contributed by atoms with Gasteiger partial charge in [0.15, 0.2) is 0 Å². The number of rotatable bonds is 0. The minimum Gasteiger partial charge on any atom is -0.393 e. The molecule has 2 nitrogen and oxygen atoms in total. The molecule has 0 aromatic carbocycles. The summed E-state index contributed by atoms with van der Waals surface area (Å²) in [5.74, 6) is 0.886. The van der Waals surface area contributed by atoms with Crippen LogP contribution in [0.25, 0.3) is 0 Å². The Morgan fingerprint density at radius 1 is 1.55 bits per heavy atom. The van der Waals surface area contributed by atoms with Gasteiger partial charge in [-0.2, -0.15) is 5.26 Å². The van der Waals surface area contributed by atoms with Gasteiger partial charge in [0, 0.05) is 0 Å². The molecule has 0 aromatic heterocycles. The van der Waals surface area contributed by atoms with Crippen LogP contribution >= 0.6 is 0 Å². The summed E-state index contributed by atoms with van der Waals surface area (Å²) >= 11 is 0. The summed E-state index contributed by atoms with van der Waals surface area (Å²) in [6.45, 7) is 2.03. The van der Waals surface area contributed by atoms with Crippen LogP contribution in [0.15, 0.2) is 0 Å². The minimum atomic E-state index is -0.121. The molecule has 0 spiro atoms. The van der Waals surface area contributed by atoms with Crippen molar-refractivity contribution >= 4 is 0 Å². The van der Waals surface area contributed by atoms with Crippen LogP contribution in [0.3, 0.4) is 0 Å². The monoisotopic (exact) mass is 151 g/mol. The van der Waals surface area contributed by atoms with E-state index in [4.69, 9.17) is 5.26 Å². The number of aliphatic hydroxyl groups excluding tert-OH is 1. The zero-order valence-corrected chi connectivity index (χ0v) is 6.75. The van der Waals surface area contributed by atoms with Crippen molar-refractivity contribution in [1.82, 2.24) is 0 Å². The first-order valence-electron chi connectivity index (χ1n) is 4.25. The molecule has 2 aliphatic carbocycles. The number of fused-ring (bicyclic) bond motifs is 2. The van der Waals surface area contributed by atoms with E-state index in [-0.39, 0.29) is 11.5 Å². The first kappa shape index (κ1) is 7.12. The molecular formula is C9H13NO. The van der Waals surface area contributed by atoms with Crippen molar-refractivity contribution in [3.8, 4) is 6.07 Å². The second kappa shape index (κ2) is 1.98. The zero-order valence-electron chi connectivity index (χ0n) is 6.75. The molecule has 4 atom stereocenters. The van der Waals surface area contributed by atoms with E-state index in [2.05, 4.69) is 6.07 Å². The molecule has 0 saturated heterocycles. The van der Waals surface area contributed by atoms with Crippen LogP contribution in [-0.4, -0.2) is 11.2 Å². The molecule has 11 heavy (non-hydrogen) atoms. The van der Waals surface area contributed by atoms with E-state index in [0.29, 0.717) is 11.8 Å². The summed E-state index contributed by atoms with van der Waals surface area (Å²) < 4.78 is 0. The van der Waals surface area contributed by atoms with Crippen molar-refractivity contribution in [3.63, 3.8) is 0 Å². The molecule has 2 aliphatic rings. The molecule has 2 saturated carbocycles. The summed E-state index contributed by atoms with van der Waals surface area (Å²) in [4.78, 5) is 0. The molecule has 60 valence electrons. The number of nitriles is 1. The predicted molar refractivity (Wildman–Crippen MR) is 40.6 cm³/mol. The van der Waals surface area contributed by atoms with Gasteiger partial charge in [0.25, 0.3) is 0 Å². The van der Waals surface area contributed by atoms with Crippen LogP contribution in [0.1, 0.15) is 26.2 Å². The van der Waals surface area contributed by atoms with E-state index < -0.39 is 0 Å². The summed E-state index contributed by atoms with van der Waals surface area (Å²) in [6.07, 6.45) is 2.73. The third-order valence-electron chi connectivity index (χ3n) is 3.50. The van der Waals surface area contributed by atoms with Gasteiger partial charge in [-0.3, -0.25) is 0 Å². The molecule has 2 rings (SSSR count). The number of aliphatic hydroxyl groups is 1. The molecule has 1 N–H and O–H groups in total. The lowest BCUT2D eigenvalue weighted by Gasteiger charge is -2.28. The maximum Gasteiger partial charge on any atom is 0.0689 e. The number of nitrogens with zero attached hydrogens (tertiary/aromatic N) is 1. The average Bonchev–Trinajstić information content (AvgIpc) is 2.45. The van der Waals surface area contributed by atoms with Crippen LogP contribution in [-0.2, 0) is 0 Å². The van der Waals surface area contributed by atoms with Crippen molar-refractivity contribution in [2.75, 3.05) is 0 Å². The SMILES string of the molecule is CC1(C#N)CC2CC1CC2O. The molecular weight excluding hydrogens is 138 g/mol. The van der Waals surface area contributed by atoms with Gasteiger partial charge in [0.1, 0.15) is 0 Å². The second-order valence-corrected chi connectivity index (χ2v) is 4.23. The summed E-state index contributed by atoms with van der Waals surface area (Å²) in [5.41, 5.74) is -0.121. The molecule has 0 amide bonds. The largest absolute Gasteiger partial charge is 0.393 e. The standard InChI is InChI=1S/C9H13NO/c1-9(5-10)4-6-2-7(9)3-8(6)11/h6-8,11H,2-4H2,1H3. The first-order valence-corrected chi connectivity index (χ1v) is 4.25. The van der Waals surface area contributed by atoms with Gasteiger partial charge < -0.3 is 5.11 Å². The normalized spacial score (nSPS) is 54.5. The van der Waals surface area contributed by atoms with Crippen molar-refractivity contribution in [3.05, 3.63) is 0 Å². The Kier molecular flexibility index (Phi) is 1.28. The fraction of sp³-hybridized carbons (Fsp3) is 0.889. The van der Waals surface area contributed by atoms with Crippen LogP contribution < -0.4 is 0 Å². The number of hydrogen-bond donors (Lipinski definition) is 1. The van der Waals surface area contributed by atoms with Crippen LogP contribution in [0.2, 0.25) is 0 Å². The van der Waals surface area contributed by atoms with E-state index in [0.717, 1.165) is 19.3 Å². The molecule has 2 bridgehead atoms. The molecule has 0 radical (unpaired) electrons. The third-order valence-corrected chi connectivity index (χ3v) is 3.50. The Hall–Kier alpha value is -0.550. The Labute approximate surface area is 66.8 Å². The van der Waals surface area contributed by atoms with E-state index in [9.17, 15) is 5.11 Å². The van der Waals surface area contributed by atoms with Gasteiger partial charge in [-0.1, -0.05) is 0 Å². The Balaban J connectivity index is 2.21. The Morgan fingerprint density at radius 2 is 2.27 bits per heavy atom. The highest BCUT2D eigenvalue weighted by Gasteiger charge is 2.52. The van der Waals surface area contributed by atoms with Gasteiger partial charge in [0.05, 0.1) is 17.6 Å². The minimum absolute atomic E-state index is 0.110. The maximum atomic E-state index is 9.44. The average molecular weight is 151 g/mol. The fourth-order valence-electron chi connectivity index (χ4n) is 2.69. The highest BCUT2D eigenvalue weighted by atomic mass is 16.3. The summed E-state index contributed by atoms with van der Waals surface area (Å²) in [6, 6.07) is 2.38. The van der Waals surface area contributed by atoms with Gasteiger partial charge in [0.2, 0.25) is 0 Å². The van der Waals surface area contributed by atoms with Crippen LogP contribution in [0.5, 0.6) is 0 Å². The lowest BCUT2D eigenvalue weighted by Crippen LogP contribution is -2.28. The van der Waals surface area contributed by atoms with Gasteiger partial charge in [-0.25, -0.2) is 0 Å². The highest BCUT2D eigenvalue weighted by molar-refractivity contribution is 5.11. The first-order chi connectivity index (χ1) is 5.15. The van der Waals surface area contributed by atoms with E-state index in [1.54, 1.807) is 0 Å². The van der Waals surface area contributed by atoms with E-state index in [1.807, 2.05) is 6.92 Å². The van der Waals surface area contributed by atoms with Crippen molar-refractivity contribution in [2.45, 2.75) is 32.3 Å². The Bertz CT molecular complexity index is 218. The molecule has 0 aromatic rings. The lowest BCUT2D eigenvalue weighted by atomic mass is 9.75. The summed E-state index contributed by atoms with van der Waals surface area (Å²) in [5, 5.41) is 18.3. The zero-order chi connectivity index (χ0) is 8.06. The maximum absolute atomic E-state index is 9.44. The van der Waals surface area contributed by atoms with Crippen molar-refractivity contribution in [2.24, 2.45) is 17.3 Å². The van der Waals surface area contributed by atoms with Crippen molar-refractivity contribution < 1.29 is 5.11 Å². The molecule has 0 heterocycles. The molecule has 2 fully saturated rings. The lowest BCUT2D eigenvalue weighted by molar-refractivity contribution is 0.0815. The molecule has 4 unspecified atom stereocenters. The molecule has 0 aliphatic heterocycles. The van der Waals surface area contributed by atoms with E-state index in [1.165, 1.54) is 0 Å². The smallest absolute Gasteiger partial charge is 0.0689 e. The van der Waals surface area contributed by atoms with Crippen LogP contribution in [0.4, 0.5) is 0 Å². The number of hydrogen-bond acceptors (Lipinski definition) is 2. The second-order valence-electron chi connectivity index (χ2n) is 4.23. The quantitative estimate of drug-likeness (QED) is 0.567. The predicted octanol–water partition coefficient (Wildman–Crippen LogP) is 1.31. The third kappa shape index (κ3) is 0.810. The van der Waals surface area contributed by atoms with Gasteiger partial charge >= 0.3 is 0 Å².